The summed E-state index contributed by atoms with van der Waals surface area (Å²) >= 11 is 5.82. The largest absolute Gasteiger partial charge is 0.508 e. The third kappa shape index (κ3) is 4.63. The van der Waals surface area contributed by atoms with E-state index < -0.39 is 12.0 Å². The average Bonchev–Trinajstić information content (AvgIpc) is 2.28. The number of carboxylic acid groups (broad SMARTS) is 1. The molecule has 3 N–H and O–H groups in total. The molecule has 1 rings (SSSR count). The first-order valence-corrected chi connectivity index (χ1v) is 5.82. The van der Waals surface area contributed by atoms with Gasteiger partial charge in [-0.25, -0.2) is 0 Å². The number of hydrogen-bond acceptors (Lipinski definition) is 3. The lowest BCUT2D eigenvalue weighted by Gasteiger charge is -2.09. The van der Waals surface area contributed by atoms with Gasteiger partial charge in [0, 0.05) is 5.02 Å². The Labute approximate surface area is 105 Å². The first-order valence-electron chi connectivity index (χ1n) is 5.44. The van der Waals surface area contributed by atoms with Crippen LogP contribution in [0.25, 0.3) is 0 Å². The van der Waals surface area contributed by atoms with Crippen LogP contribution in [0.2, 0.25) is 5.02 Å². The molecule has 0 aliphatic rings. The molecule has 1 aromatic carbocycles. The lowest BCUT2D eigenvalue weighted by molar-refractivity contribution is -0.138. The maximum Gasteiger partial charge on any atom is 0.320 e. The van der Waals surface area contributed by atoms with Crippen LogP contribution in [0.15, 0.2) is 18.2 Å². The third-order valence-electron chi connectivity index (χ3n) is 2.49. The molecule has 4 nitrogen and oxygen atoms in total. The van der Waals surface area contributed by atoms with E-state index in [0.29, 0.717) is 18.0 Å². The molecule has 0 spiro atoms. The van der Waals surface area contributed by atoms with Gasteiger partial charge in [0.15, 0.2) is 0 Å². The Hall–Kier alpha value is -1.26. The molecule has 1 atom stereocenters. The van der Waals surface area contributed by atoms with E-state index in [1.165, 1.54) is 0 Å². The summed E-state index contributed by atoms with van der Waals surface area (Å²) in [6.07, 6.45) is 1.40. The number of aryl methyl sites for hydroxylation is 1. The summed E-state index contributed by atoms with van der Waals surface area (Å²) in [5, 5.41) is 21.7. The lowest BCUT2D eigenvalue weighted by Crippen LogP contribution is -2.34. The molecule has 5 heteroatoms. The molecular weight excluding hydrogens is 242 g/mol. The smallest absolute Gasteiger partial charge is 0.320 e. The normalized spacial score (nSPS) is 12.4. The van der Waals surface area contributed by atoms with Crippen LogP contribution >= 0.6 is 11.6 Å². The van der Waals surface area contributed by atoms with E-state index in [1.807, 2.05) is 0 Å². The van der Waals surface area contributed by atoms with Crippen molar-refractivity contribution in [2.75, 3.05) is 6.54 Å². The maximum atomic E-state index is 10.5. The fraction of sp³-hybridized carbons (Fsp3) is 0.417. The Morgan fingerprint density at radius 2 is 2.24 bits per heavy atom. The summed E-state index contributed by atoms with van der Waals surface area (Å²) in [4.78, 5) is 10.5. The number of halogens is 1. The van der Waals surface area contributed by atoms with Crippen LogP contribution in [0.1, 0.15) is 18.9 Å². The minimum absolute atomic E-state index is 0.223. The first-order chi connectivity index (χ1) is 8.00. The predicted octanol–water partition coefficient (Wildman–Crippen LogP) is 2.04. The van der Waals surface area contributed by atoms with Gasteiger partial charge in [0.25, 0.3) is 0 Å². The highest BCUT2D eigenvalue weighted by Crippen LogP contribution is 2.22. The molecule has 1 aromatic rings. The summed E-state index contributed by atoms with van der Waals surface area (Å²) in [5.41, 5.74) is 0.780. The number of aliphatic carboxylic acids is 1. The van der Waals surface area contributed by atoms with Gasteiger partial charge in [-0.15, -0.1) is 0 Å². The van der Waals surface area contributed by atoms with Gasteiger partial charge in [0.1, 0.15) is 11.8 Å². The summed E-state index contributed by atoms with van der Waals surface area (Å²) in [5.74, 6) is -0.642. The monoisotopic (exact) mass is 257 g/mol. The fourth-order valence-electron chi connectivity index (χ4n) is 1.44. The van der Waals surface area contributed by atoms with E-state index in [1.54, 1.807) is 25.1 Å². The van der Waals surface area contributed by atoms with E-state index in [-0.39, 0.29) is 5.75 Å². The molecule has 0 heterocycles. The predicted molar refractivity (Wildman–Crippen MR) is 66.5 cm³/mol. The topological polar surface area (TPSA) is 69.6 Å². The molecule has 0 saturated carbocycles. The van der Waals surface area contributed by atoms with Gasteiger partial charge >= 0.3 is 5.97 Å². The number of aromatic hydroxyl groups is 1. The minimum Gasteiger partial charge on any atom is -0.508 e. The van der Waals surface area contributed by atoms with Gasteiger partial charge in [0.2, 0.25) is 0 Å². The molecule has 1 unspecified atom stereocenters. The van der Waals surface area contributed by atoms with Crippen LogP contribution in [0, 0.1) is 0 Å². The van der Waals surface area contributed by atoms with Crippen molar-refractivity contribution >= 4 is 17.6 Å². The fourth-order valence-corrected chi connectivity index (χ4v) is 1.63. The molecule has 0 bridgehead atoms. The van der Waals surface area contributed by atoms with Crippen LogP contribution in [-0.4, -0.2) is 28.8 Å². The van der Waals surface area contributed by atoms with E-state index in [9.17, 15) is 9.90 Å². The number of carboxylic acids is 1. The first kappa shape index (κ1) is 13.8. The molecule has 0 amide bonds. The van der Waals surface area contributed by atoms with Crippen molar-refractivity contribution < 1.29 is 15.0 Å². The highest BCUT2D eigenvalue weighted by Gasteiger charge is 2.09. The van der Waals surface area contributed by atoms with Crippen LogP contribution in [0.5, 0.6) is 5.75 Å². The molecule has 0 aliphatic carbocycles. The summed E-state index contributed by atoms with van der Waals surface area (Å²) < 4.78 is 0. The van der Waals surface area contributed by atoms with Crippen molar-refractivity contribution in [2.45, 2.75) is 25.8 Å². The van der Waals surface area contributed by atoms with Gasteiger partial charge < -0.3 is 15.5 Å². The van der Waals surface area contributed by atoms with E-state index in [0.717, 1.165) is 12.0 Å². The lowest BCUT2D eigenvalue weighted by atomic mass is 10.1. The van der Waals surface area contributed by atoms with Crippen LogP contribution < -0.4 is 5.32 Å². The summed E-state index contributed by atoms with van der Waals surface area (Å²) in [6.45, 7) is 2.18. The van der Waals surface area contributed by atoms with Gasteiger partial charge in [-0.1, -0.05) is 11.6 Å². The third-order valence-corrected chi connectivity index (χ3v) is 2.72. The second-order valence-corrected chi connectivity index (χ2v) is 4.33. The standard InChI is InChI=1S/C12H16ClNO3/c1-8(12(16)17)14-6-2-3-9-7-10(13)4-5-11(9)15/h4-5,7-8,14-15H,2-3,6H2,1H3,(H,16,17). The zero-order valence-corrected chi connectivity index (χ0v) is 10.4. The molecule has 0 aromatic heterocycles. The molecular formula is C12H16ClNO3. The molecule has 0 fully saturated rings. The maximum absolute atomic E-state index is 10.5. The molecule has 17 heavy (non-hydrogen) atoms. The van der Waals surface area contributed by atoms with Gasteiger partial charge in [-0.3, -0.25) is 4.79 Å². The van der Waals surface area contributed by atoms with E-state index >= 15 is 0 Å². The van der Waals surface area contributed by atoms with E-state index in [2.05, 4.69) is 5.32 Å². The van der Waals surface area contributed by atoms with E-state index in [4.69, 9.17) is 16.7 Å². The van der Waals surface area contributed by atoms with Crippen molar-refractivity contribution in [2.24, 2.45) is 0 Å². The summed E-state index contributed by atoms with van der Waals surface area (Å²) in [6, 6.07) is 4.36. The van der Waals surface area contributed by atoms with Gasteiger partial charge in [-0.2, -0.15) is 0 Å². The second kappa shape index (κ2) is 6.47. The number of nitrogens with one attached hydrogen (secondary N) is 1. The average molecular weight is 258 g/mol. The molecule has 94 valence electrons. The molecule has 0 radical (unpaired) electrons. The van der Waals surface area contributed by atoms with Crippen molar-refractivity contribution in [3.05, 3.63) is 28.8 Å². The van der Waals surface area contributed by atoms with Gasteiger partial charge in [-0.05, 0) is 50.1 Å². The number of phenolic OH excluding ortho intramolecular Hbond substituents is 1. The zero-order chi connectivity index (χ0) is 12.8. The van der Waals surface area contributed by atoms with Crippen LogP contribution in [-0.2, 0) is 11.2 Å². The summed E-state index contributed by atoms with van der Waals surface area (Å²) in [7, 11) is 0. The van der Waals surface area contributed by atoms with Gasteiger partial charge in [0.05, 0.1) is 0 Å². The Balaban J connectivity index is 2.36. The highest BCUT2D eigenvalue weighted by atomic mass is 35.5. The number of carbonyl (C=O) groups is 1. The Morgan fingerprint density at radius 1 is 1.53 bits per heavy atom. The number of benzene rings is 1. The second-order valence-electron chi connectivity index (χ2n) is 3.89. The Kier molecular flexibility index (Phi) is 5.25. The minimum atomic E-state index is -0.865. The Morgan fingerprint density at radius 3 is 2.88 bits per heavy atom. The van der Waals surface area contributed by atoms with Crippen molar-refractivity contribution in [1.82, 2.24) is 5.32 Å². The molecule has 0 saturated heterocycles. The van der Waals surface area contributed by atoms with Crippen molar-refractivity contribution in [1.29, 1.82) is 0 Å². The quantitative estimate of drug-likeness (QED) is 0.682. The Bertz CT molecular complexity index is 395. The van der Waals surface area contributed by atoms with Crippen molar-refractivity contribution in [3.63, 3.8) is 0 Å². The SMILES string of the molecule is CC(NCCCc1cc(Cl)ccc1O)C(=O)O. The van der Waals surface area contributed by atoms with Crippen molar-refractivity contribution in [3.8, 4) is 5.75 Å². The van der Waals surface area contributed by atoms with Crippen LogP contribution in [0.3, 0.4) is 0 Å². The number of hydrogen-bond donors (Lipinski definition) is 3. The zero-order valence-electron chi connectivity index (χ0n) is 9.61. The number of rotatable bonds is 6. The number of phenols is 1. The van der Waals surface area contributed by atoms with Crippen LogP contribution in [0.4, 0.5) is 0 Å². The molecule has 0 aliphatic heterocycles. The highest BCUT2D eigenvalue weighted by molar-refractivity contribution is 6.30.